The average Bonchev–Trinajstić information content (AvgIpc) is 3.17. The normalized spacial score (nSPS) is 11.8. The molecule has 0 aliphatic heterocycles. The van der Waals surface area contributed by atoms with Gasteiger partial charge in [0.05, 0.1) is 32.2 Å². The van der Waals surface area contributed by atoms with Crippen molar-refractivity contribution in [1.82, 2.24) is 15.0 Å². The highest BCUT2D eigenvalue weighted by molar-refractivity contribution is 6.04. The Morgan fingerprint density at radius 1 is 0.971 bits per heavy atom. The van der Waals surface area contributed by atoms with Gasteiger partial charge in [0, 0.05) is 6.07 Å². The molecule has 1 heterocycles. The van der Waals surface area contributed by atoms with Crippen LogP contribution in [0, 0.1) is 12.3 Å². The predicted octanol–water partition coefficient (Wildman–Crippen LogP) is 5.57. The van der Waals surface area contributed by atoms with E-state index in [4.69, 9.17) is 14.2 Å². The van der Waals surface area contributed by atoms with Crippen LogP contribution in [0.15, 0.2) is 36.4 Å². The van der Waals surface area contributed by atoms with E-state index < -0.39 is 0 Å². The smallest absolute Gasteiger partial charge is 0.278 e. The monoisotopic (exact) mass is 480 g/mol. The van der Waals surface area contributed by atoms with E-state index in [2.05, 4.69) is 57.2 Å². The van der Waals surface area contributed by atoms with Crippen molar-refractivity contribution < 1.29 is 19.0 Å². The summed E-state index contributed by atoms with van der Waals surface area (Å²) in [5, 5.41) is 11.4. The van der Waals surface area contributed by atoms with Gasteiger partial charge in [0.1, 0.15) is 22.9 Å². The van der Waals surface area contributed by atoms with Gasteiger partial charge in [-0.05, 0) is 47.6 Å². The fourth-order valence-electron chi connectivity index (χ4n) is 3.43. The summed E-state index contributed by atoms with van der Waals surface area (Å²) in [4.78, 5) is 13.3. The lowest BCUT2D eigenvalue weighted by molar-refractivity contribution is 0.102. The van der Waals surface area contributed by atoms with Crippen molar-refractivity contribution in [2.75, 3.05) is 26.1 Å². The molecular weight excluding hydrogens is 444 g/mol. The molecule has 0 saturated carbocycles. The molecule has 35 heavy (non-hydrogen) atoms. The van der Waals surface area contributed by atoms with Crippen LogP contribution in [0.3, 0.4) is 0 Å². The van der Waals surface area contributed by atoms with Crippen molar-refractivity contribution in [2.45, 2.75) is 53.9 Å². The Kier molecular flexibility index (Phi) is 7.43. The molecule has 0 radical (unpaired) electrons. The number of rotatable bonds is 7. The molecule has 0 unspecified atom stereocenters. The van der Waals surface area contributed by atoms with Crippen molar-refractivity contribution >= 4 is 11.6 Å². The van der Waals surface area contributed by atoms with Gasteiger partial charge in [0.15, 0.2) is 5.69 Å². The second-order valence-corrected chi connectivity index (χ2v) is 10.7. The molecule has 3 rings (SSSR count). The molecule has 0 spiro atoms. The van der Waals surface area contributed by atoms with Crippen LogP contribution in [-0.2, 0) is 5.41 Å². The zero-order valence-electron chi connectivity index (χ0n) is 22.1. The average molecular weight is 481 g/mol. The van der Waals surface area contributed by atoms with Gasteiger partial charge in [0.25, 0.3) is 5.91 Å². The van der Waals surface area contributed by atoms with Gasteiger partial charge in [0.2, 0.25) is 0 Å². The lowest BCUT2D eigenvalue weighted by Gasteiger charge is -2.24. The Bertz CT molecular complexity index is 1200. The van der Waals surface area contributed by atoms with E-state index in [0.717, 1.165) is 5.56 Å². The minimum Gasteiger partial charge on any atom is -0.497 e. The lowest BCUT2D eigenvalue weighted by atomic mass is 9.86. The predicted molar refractivity (Wildman–Crippen MR) is 137 cm³/mol. The van der Waals surface area contributed by atoms with Crippen LogP contribution in [-0.4, -0.2) is 41.7 Å². The largest absolute Gasteiger partial charge is 0.497 e. The quantitative estimate of drug-likeness (QED) is 0.476. The van der Waals surface area contributed by atoms with Crippen molar-refractivity contribution in [3.63, 3.8) is 0 Å². The van der Waals surface area contributed by atoms with Gasteiger partial charge in [-0.1, -0.05) is 52.8 Å². The fraction of sp³-hybridized carbons (Fsp3) is 0.444. The van der Waals surface area contributed by atoms with Gasteiger partial charge in [-0.15, -0.1) is 5.10 Å². The van der Waals surface area contributed by atoms with Crippen LogP contribution in [0.25, 0.3) is 5.69 Å². The molecule has 8 heteroatoms. The van der Waals surface area contributed by atoms with Crippen molar-refractivity contribution in [1.29, 1.82) is 0 Å². The molecule has 1 aromatic heterocycles. The summed E-state index contributed by atoms with van der Waals surface area (Å²) in [6, 6.07) is 11.3. The van der Waals surface area contributed by atoms with E-state index in [0.29, 0.717) is 40.9 Å². The molecule has 0 aliphatic rings. The second kappa shape index (κ2) is 9.98. The molecule has 188 valence electrons. The highest BCUT2D eigenvalue weighted by atomic mass is 16.5. The first kappa shape index (κ1) is 26.1. The fourth-order valence-corrected chi connectivity index (χ4v) is 3.43. The first-order valence-electron chi connectivity index (χ1n) is 11.6. The number of hydrogen-bond acceptors (Lipinski definition) is 6. The van der Waals surface area contributed by atoms with E-state index >= 15 is 0 Å². The number of ether oxygens (including phenoxy) is 3. The maximum absolute atomic E-state index is 13.3. The zero-order chi connectivity index (χ0) is 26.0. The number of nitrogens with zero attached hydrogens (tertiary/aromatic N) is 3. The Hall–Kier alpha value is -3.55. The van der Waals surface area contributed by atoms with Crippen LogP contribution >= 0.6 is 0 Å². The second-order valence-electron chi connectivity index (χ2n) is 10.7. The maximum Gasteiger partial charge on any atom is 0.278 e. The topological polar surface area (TPSA) is 87.5 Å². The standard InChI is InChI=1S/C27H36N4O4/c1-17-24(29-30-31(17)21-15-19(33-8)11-13-23(21)34-9)25(32)28-20-14-18(27(5,6)7)10-12-22(20)35-16-26(2,3)4/h10-15H,16H2,1-9H3,(H,28,32). The molecule has 0 atom stereocenters. The molecule has 0 saturated heterocycles. The summed E-state index contributed by atoms with van der Waals surface area (Å²) in [6.45, 7) is 15.0. The summed E-state index contributed by atoms with van der Waals surface area (Å²) in [5.74, 6) is 1.46. The summed E-state index contributed by atoms with van der Waals surface area (Å²) in [6.07, 6.45) is 0. The van der Waals surface area contributed by atoms with Gasteiger partial charge >= 0.3 is 0 Å². The highest BCUT2D eigenvalue weighted by Gasteiger charge is 2.23. The van der Waals surface area contributed by atoms with Crippen molar-refractivity contribution in [2.24, 2.45) is 5.41 Å². The number of carbonyl (C=O) groups excluding carboxylic acids is 1. The molecule has 3 aromatic rings. The molecule has 8 nitrogen and oxygen atoms in total. The summed E-state index contributed by atoms with van der Waals surface area (Å²) in [7, 11) is 3.16. The van der Waals surface area contributed by atoms with Gasteiger partial charge in [-0.2, -0.15) is 0 Å². The minimum absolute atomic E-state index is 0.0287. The zero-order valence-corrected chi connectivity index (χ0v) is 22.1. The molecule has 0 bridgehead atoms. The summed E-state index contributed by atoms with van der Waals surface area (Å²) < 4.78 is 18.5. The van der Waals surface area contributed by atoms with Crippen LogP contribution in [0.1, 0.15) is 63.3 Å². The molecule has 2 aromatic carbocycles. The first-order chi connectivity index (χ1) is 16.3. The van der Waals surface area contributed by atoms with E-state index in [-0.39, 0.29) is 22.4 Å². The van der Waals surface area contributed by atoms with E-state index in [9.17, 15) is 4.79 Å². The van der Waals surface area contributed by atoms with Crippen LogP contribution in [0.5, 0.6) is 17.2 Å². The molecule has 0 aliphatic carbocycles. The molecule has 1 amide bonds. The third-order valence-electron chi connectivity index (χ3n) is 5.48. The van der Waals surface area contributed by atoms with E-state index in [1.807, 2.05) is 18.2 Å². The molecule has 1 N–H and O–H groups in total. The van der Waals surface area contributed by atoms with Gasteiger partial charge in [-0.3, -0.25) is 4.79 Å². The number of methoxy groups -OCH3 is 2. The molecule has 0 fully saturated rings. The number of amides is 1. The van der Waals surface area contributed by atoms with Gasteiger partial charge < -0.3 is 19.5 Å². The molecular formula is C27H36N4O4. The third kappa shape index (κ3) is 6.12. The highest BCUT2D eigenvalue weighted by Crippen LogP contribution is 2.33. The summed E-state index contributed by atoms with van der Waals surface area (Å²) in [5.41, 5.74) is 2.95. The van der Waals surface area contributed by atoms with E-state index in [1.165, 1.54) is 0 Å². The third-order valence-corrected chi connectivity index (χ3v) is 5.48. The summed E-state index contributed by atoms with van der Waals surface area (Å²) >= 11 is 0. The first-order valence-corrected chi connectivity index (χ1v) is 11.6. The number of carbonyl (C=O) groups is 1. The number of aromatic nitrogens is 3. The van der Waals surface area contributed by atoms with Crippen LogP contribution in [0.2, 0.25) is 0 Å². The Morgan fingerprint density at radius 2 is 1.66 bits per heavy atom. The number of benzene rings is 2. The van der Waals surface area contributed by atoms with Gasteiger partial charge in [-0.25, -0.2) is 4.68 Å². The number of nitrogens with one attached hydrogen (secondary N) is 1. The Morgan fingerprint density at radius 3 is 2.26 bits per heavy atom. The van der Waals surface area contributed by atoms with E-state index in [1.54, 1.807) is 44.0 Å². The Balaban J connectivity index is 1.96. The van der Waals surface area contributed by atoms with Crippen molar-refractivity contribution in [3.8, 4) is 22.9 Å². The number of anilines is 1. The van der Waals surface area contributed by atoms with Crippen LogP contribution in [0.4, 0.5) is 5.69 Å². The lowest BCUT2D eigenvalue weighted by Crippen LogP contribution is -2.20. The SMILES string of the molecule is COc1ccc(OC)c(-n2nnc(C(=O)Nc3cc(C(C)(C)C)ccc3OCC(C)(C)C)c2C)c1. The number of hydrogen-bond donors (Lipinski definition) is 1. The minimum atomic E-state index is -0.373. The van der Waals surface area contributed by atoms with Crippen LogP contribution < -0.4 is 19.5 Å². The Labute approximate surface area is 207 Å². The maximum atomic E-state index is 13.3. The van der Waals surface area contributed by atoms with Crippen molar-refractivity contribution in [3.05, 3.63) is 53.3 Å².